The number of thiazole rings is 1. The Kier molecular flexibility index (Phi) is 5.27. The summed E-state index contributed by atoms with van der Waals surface area (Å²) in [5, 5.41) is 0.894. The van der Waals surface area contributed by atoms with Crippen LogP contribution in [0.3, 0.4) is 0 Å². The van der Waals surface area contributed by atoms with Crippen molar-refractivity contribution < 1.29 is 22.7 Å². The van der Waals surface area contributed by atoms with E-state index in [1.807, 2.05) is 12.1 Å². The van der Waals surface area contributed by atoms with E-state index < -0.39 is 6.36 Å². The highest BCUT2D eigenvalue weighted by Gasteiger charge is 2.31. The van der Waals surface area contributed by atoms with Gasteiger partial charge in [-0.3, -0.25) is 4.79 Å². The molecule has 0 bridgehead atoms. The lowest BCUT2D eigenvalue weighted by atomic mass is 10.1. The molecule has 6 nitrogen and oxygen atoms in total. The summed E-state index contributed by atoms with van der Waals surface area (Å²) in [5.41, 5.74) is 1.51. The van der Waals surface area contributed by atoms with E-state index in [4.69, 9.17) is 0 Å². The summed E-state index contributed by atoms with van der Waals surface area (Å²) in [4.78, 5) is 26.2. The molecule has 29 heavy (non-hydrogen) atoms. The van der Waals surface area contributed by atoms with Crippen LogP contribution < -0.4 is 9.64 Å². The van der Waals surface area contributed by atoms with Crippen molar-refractivity contribution in [1.29, 1.82) is 0 Å². The molecule has 0 saturated carbocycles. The molecule has 0 N–H and O–H groups in total. The maximum Gasteiger partial charge on any atom is 0.573 e. The highest BCUT2D eigenvalue weighted by Crippen LogP contribution is 2.28. The number of carbonyl (C=O) groups excluding carboxylic acids is 1. The zero-order valence-electron chi connectivity index (χ0n) is 15.2. The van der Waals surface area contributed by atoms with Crippen LogP contribution in [0, 0.1) is 0 Å². The average molecular weight is 422 g/mol. The predicted octanol–water partition coefficient (Wildman–Crippen LogP) is 3.48. The van der Waals surface area contributed by atoms with Crippen LogP contribution in [0.5, 0.6) is 5.75 Å². The van der Waals surface area contributed by atoms with Gasteiger partial charge in [-0.05, 0) is 29.8 Å². The molecule has 1 aliphatic heterocycles. The molecule has 0 radical (unpaired) electrons. The topological polar surface area (TPSA) is 58.6 Å². The molecule has 1 aromatic carbocycles. The van der Waals surface area contributed by atoms with E-state index in [1.165, 1.54) is 35.6 Å². The fourth-order valence-corrected chi connectivity index (χ4v) is 4.10. The number of carbonyl (C=O) groups is 1. The third-order valence-electron chi connectivity index (χ3n) is 4.57. The highest BCUT2D eigenvalue weighted by molar-refractivity contribution is 7.21. The van der Waals surface area contributed by atoms with Crippen LogP contribution in [0.15, 0.2) is 42.6 Å². The third kappa shape index (κ3) is 4.76. The molecule has 0 atom stereocenters. The van der Waals surface area contributed by atoms with Crippen LogP contribution in [-0.4, -0.2) is 53.3 Å². The summed E-state index contributed by atoms with van der Waals surface area (Å²) in [6.45, 7) is 2.47. The van der Waals surface area contributed by atoms with Crippen LogP contribution in [0.1, 0.15) is 5.56 Å². The maximum absolute atomic E-state index is 12.5. The van der Waals surface area contributed by atoms with E-state index in [9.17, 15) is 18.0 Å². The van der Waals surface area contributed by atoms with Gasteiger partial charge >= 0.3 is 6.36 Å². The van der Waals surface area contributed by atoms with E-state index >= 15 is 0 Å². The zero-order valence-corrected chi connectivity index (χ0v) is 16.0. The Labute approximate surface area is 168 Å². The lowest BCUT2D eigenvalue weighted by Gasteiger charge is -2.34. The molecule has 3 heterocycles. The molecule has 3 aromatic rings. The minimum absolute atomic E-state index is 0.0555. The van der Waals surface area contributed by atoms with Crippen LogP contribution >= 0.6 is 11.3 Å². The monoisotopic (exact) mass is 422 g/mol. The second kappa shape index (κ2) is 7.86. The van der Waals surface area contributed by atoms with Gasteiger partial charge in [0.2, 0.25) is 5.91 Å². The quantitative estimate of drug-likeness (QED) is 0.644. The number of pyridine rings is 1. The van der Waals surface area contributed by atoms with Gasteiger partial charge in [-0.15, -0.1) is 13.2 Å². The third-order valence-corrected chi connectivity index (χ3v) is 5.61. The molecule has 4 rings (SSSR count). The predicted molar refractivity (Wildman–Crippen MR) is 103 cm³/mol. The molecule has 1 saturated heterocycles. The molecular formula is C19H17F3N4O2S. The summed E-state index contributed by atoms with van der Waals surface area (Å²) in [6, 6.07) is 9.16. The first-order valence-electron chi connectivity index (χ1n) is 8.96. The Morgan fingerprint density at radius 3 is 2.48 bits per heavy atom. The van der Waals surface area contributed by atoms with Gasteiger partial charge in [0.1, 0.15) is 16.1 Å². The summed E-state index contributed by atoms with van der Waals surface area (Å²) >= 11 is 1.53. The van der Waals surface area contributed by atoms with Gasteiger partial charge in [-0.25, -0.2) is 9.97 Å². The molecule has 1 aliphatic rings. The van der Waals surface area contributed by atoms with E-state index in [-0.39, 0.29) is 18.1 Å². The normalized spacial score (nSPS) is 15.0. The fourth-order valence-electron chi connectivity index (χ4n) is 3.14. The second-order valence-electron chi connectivity index (χ2n) is 6.56. The van der Waals surface area contributed by atoms with Crippen molar-refractivity contribution >= 4 is 32.7 Å². The largest absolute Gasteiger partial charge is 0.573 e. The van der Waals surface area contributed by atoms with Gasteiger partial charge < -0.3 is 14.5 Å². The number of alkyl halides is 3. The van der Waals surface area contributed by atoms with Crippen molar-refractivity contribution in [3.63, 3.8) is 0 Å². The second-order valence-corrected chi connectivity index (χ2v) is 7.52. The van der Waals surface area contributed by atoms with Crippen LogP contribution in [0.25, 0.3) is 10.3 Å². The summed E-state index contributed by atoms with van der Waals surface area (Å²) < 4.78 is 40.5. The van der Waals surface area contributed by atoms with Crippen LogP contribution in [-0.2, 0) is 11.2 Å². The number of rotatable bonds is 4. The number of hydrogen-bond donors (Lipinski definition) is 0. The van der Waals surface area contributed by atoms with Crippen molar-refractivity contribution in [2.75, 3.05) is 31.1 Å². The van der Waals surface area contributed by atoms with Crippen molar-refractivity contribution in [2.24, 2.45) is 0 Å². The molecule has 1 amide bonds. The Balaban J connectivity index is 1.32. The van der Waals surface area contributed by atoms with Crippen LogP contribution in [0.4, 0.5) is 18.3 Å². The number of fused-ring (bicyclic) bond motifs is 1. The fraction of sp³-hybridized carbons (Fsp3) is 0.316. The number of benzene rings is 1. The highest BCUT2D eigenvalue weighted by atomic mass is 32.1. The number of ether oxygens (including phenoxy) is 1. The number of amides is 1. The molecular weight excluding hydrogens is 405 g/mol. The maximum atomic E-state index is 12.5. The van der Waals surface area contributed by atoms with Crippen molar-refractivity contribution in [1.82, 2.24) is 14.9 Å². The van der Waals surface area contributed by atoms with E-state index in [0.717, 1.165) is 15.5 Å². The van der Waals surface area contributed by atoms with E-state index in [1.54, 1.807) is 11.1 Å². The molecule has 0 aliphatic carbocycles. The van der Waals surface area contributed by atoms with Gasteiger partial charge in [0.15, 0.2) is 5.13 Å². The first kappa shape index (κ1) is 19.4. The molecule has 10 heteroatoms. The first-order valence-corrected chi connectivity index (χ1v) is 9.78. The zero-order chi connectivity index (χ0) is 20.4. The minimum atomic E-state index is -4.73. The number of halogens is 3. The Morgan fingerprint density at radius 2 is 1.83 bits per heavy atom. The first-order chi connectivity index (χ1) is 13.9. The smallest absolute Gasteiger partial charge is 0.406 e. The SMILES string of the molecule is O=C(Cc1ccc(OC(F)(F)F)cc1)N1CCN(c2nc3cccnc3s2)CC1. The molecule has 152 valence electrons. The number of anilines is 1. The number of hydrogen-bond acceptors (Lipinski definition) is 6. The number of aromatic nitrogens is 2. The number of nitrogens with zero attached hydrogens (tertiary/aromatic N) is 4. The van der Waals surface area contributed by atoms with Gasteiger partial charge in [-0.2, -0.15) is 0 Å². The lowest BCUT2D eigenvalue weighted by Crippen LogP contribution is -2.49. The average Bonchev–Trinajstić information content (AvgIpc) is 3.13. The molecule has 0 unspecified atom stereocenters. The standard InChI is InChI=1S/C19H17F3N4O2S/c20-19(21,22)28-14-5-3-13(4-6-14)12-16(27)25-8-10-26(11-9-25)18-24-15-2-1-7-23-17(15)29-18/h1-7H,8-12H2. The number of piperazine rings is 1. The molecule has 0 spiro atoms. The van der Waals surface area contributed by atoms with Crippen molar-refractivity contribution in [3.8, 4) is 5.75 Å². The van der Waals surface area contributed by atoms with Gasteiger partial charge in [0, 0.05) is 32.4 Å². The lowest BCUT2D eigenvalue weighted by molar-refractivity contribution is -0.274. The van der Waals surface area contributed by atoms with E-state index in [0.29, 0.717) is 31.7 Å². The van der Waals surface area contributed by atoms with Crippen molar-refractivity contribution in [3.05, 3.63) is 48.2 Å². The summed E-state index contributed by atoms with van der Waals surface area (Å²) in [5.74, 6) is -0.354. The Bertz CT molecular complexity index is 966. The van der Waals surface area contributed by atoms with E-state index in [2.05, 4.69) is 19.6 Å². The van der Waals surface area contributed by atoms with Gasteiger partial charge in [-0.1, -0.05) is 23.5 Å². The summed E-state index contributed by atoms with van der Waals surface area (Å²) in [6.07, 6.45) is -2.85. The van der Waals surface area contributed by atoms with Gasteiger partial charge in [0.05, 0.1) is 6.42 Å². The molecule has 1 fully saturated rings. The minimum Gasteiger partial charge on any atom is -0.406 e. The molecule has 2 aromatic heterocycles. The van der Waals surface area contributed by atoms with Crippen LogP contribution in [0.2, 0.25) is 0 Å². The van der Waals surface area contributed by atoms with Gasteiger partial charge in [0.25, 0.3) is 0 Å². The van der Waals surface area contributed by atoms with Crippen molar-refractivity contribution in [2.45, 2.75) is 12.8 Å². The Hall–Kier alpha value is -2.88. The summed E-state index contributed by atoms with van der Waals surface area (Å²) in [7, 11) is 0. The Morgan fingerprint density at radius 1 is 1.10 bits per heavy atom.